The van der Waals surface area contributed by atoms with Crippen LogP contribution < -0.4 is 11.3 Å². The third-order valence-electron chi connectivity index (χ3n) is 2.77. The molecule has 0 radical (unpaired) electrons. The van der Waals surface area contributed by atoms with Gasteiger partial charge in [0.25, 0.3) is 5.56 Å². The lowest BCUT2D eigenvalue weighted by Crippen LogP contribution is -2.28. The molecule has 0 fully saturated rings. The zero-order valence-corrected chi connectivity index (χ0v) is 11.0. The molecule has 96 valence electrons. The van der Waals surface area contributed by atoms with Crippen LogP contribution in [0.5, 0.6) is 0 Å². The van der Waals surface area contributed by atoms with Crippen molar-refractivity contribution in [2.45, 2.75) is 12.1 Å². The van der Waals surface area contributed by atoms with Gasteiger partial charge >= 0.3 is 0 Å². The molecule has 7 heteroatoms. The van der Waals surface area contributed by atoms with Crippen LogP contribution in [0.25, 0.3) is 0 Å². The van der Waals surface area contributed by atoms with Crippen molar-refractivity contribution >= 4 is 23.2 Å². The normalized spacial score (nSPS) is 13.8. The van der Waals surface area contributed by atoms with Crippen LogP contribution in [0.3, 0.4) is 0 Å². The quantitative estimate of drug-likeness (QED) is 0.780. The molecule has 3 rings (SSSR count). The number of thioether (sulfide) groups is 1. The lowest BCUT2D eigenvalue weighted by atomic mass is 10.1. The average Bonchev–Trinajstić information content (AvgIpc) is 2.44. The molecule has 0 saturated heterocycles. The van der Waals surface area contributed by atoms with Crippen molar-refractivity contribution in [3.05, 3.63) is 45.9 Å². The zero-order valence-electron chi connectivity index (χ0n) is 10.2. The van der Waals surface area contributed by atoms with Crippen molar-refractivity contribution in [1.29, 1.82) is 0 Å². The summed E-state index contributed by atoms with van der Waals surface area (Å²) in [5.74, 6) is 0.654. The lowest BCUT2D eigenvalue weighted by Gasteiger charge is -2.15. The second kappa shape index (κ2) is 4.51. The fourth-order valence-electron chi connectivity index (χ4n) is 1.72. The van der Waals surface area contributed by atoms with Gasteiger partial charge in [0.2, 0.25) is 5.16 Å². The van der Waals surface area contributed by atoms with Gasteiger partial charge in [-0.3, -0.25) is 4.79 Å². The molecule has 0 saturated carbocycles. The van der Waals surface area contributed by atoms with Crippen molar-refractivity contribution in [2.24, 2.45) is 5.10 Å². The number of hydrogen-bond acceptors (Lipinski definition) is 6. The molecule has 1 aliphatic heterocycles. The van der Waals surface area contributed by atoms with E-state index >= 15 is 0 Å². The topological polar surface area (TPSA) is 86.2 Å². The van der Waals surface area contributed by atoms with Gasteiger partial charge in [-0.05, 0) is 24.6 Å². The van der Waals surface area contributed by atoms with Crippen molar-refractivity contribution in [3.63, 3.8) is 0 Å². The molecule has 0 aliphatic carbocycles. The Morgan fingerprint density at radius 1 is 1.26 bits per heavy atom. The van der Waals surface area contributed by atoms with Crippen LogP contribution in [0, 0.1) is 6.92 Å². The minimum Gasteiger partial charge on any atom is -0.399 e. The molecular weight excluding hydrogens is 262 g/mol. The molecular formula is C12H11N5OS. The van der Waals surface area contributed by atoms with E-state index in [1.807, 2.05) is 24.3 Å². The van der Waals surface area contributed by atoms with Crippen LogP contribution in [-0.2, 0) is 0 Å². The van der Waals surface area contributed by atoms with E-state index in [2.05, 4.69) is 15.3 Å². The molecule has 2 heterocycles. The highest BCUT2D eigenvalue weighted by Crippen LogP contribution is 2.21. The minimum atomic E-state index is -0.231. The third kappa shape index (κ3) is 2.12. The van der Waals surface area contributed by atoms with E-state index in [9.17, 15) is 4.79 Å². The fourth-order valence-corrected chi connectivity index (χ4v) is 2.56. The summed E-state index contributed by atoms with van der Waals surface area (Å²) < 4.78 is 1.31. The monoisotopic (exact) mass is 273 g/mol. The summed E-state index contributed by atoms with van der Waals surface area (Å²) in [6, 6.07) is 7.42. The summed E-state index contributed by atoms with van der Waals surface area (Å²) in [6.07, 6.45) is 0. The molecule has 1 aromatic heterocycles. The maximum absolute atomic E-state index is 12.0. The molecule has 2 aromatic rings. The molecule has 0 bridgehead atoms. The van der Waals surface area contributed by atoms with Crippen LogP contribution in [0.4, 0.5) is 5.69 Å². The predicted octanol–water partition coefficient (Wildman–Crippen LogP) is 0.887. The first-order valence-corrected chi connectivity index (χ1v) is 6.66. The van der Waals surface area contributed by atoms with Crippen LogP contribution in [0.15, 0.2) is 39.3 Å². The molecule has 0 spiro atoms. The van der Waals surface area contributed by atoms with Gasteiger partial charge in [0.1, 0.15) is 5.69 Å². The lowest BCUT2D eigenvalue weighted by molar-refractivity contribution is 0.628. The third-order valence-corrected chi connectivity index (χ3v) is 3.70. The first-order valence-electron chi connectivity index (χ1n) is 5.68. The van der Waals surface area contributed by atoms with Gasteiger partial charge in [-0.15, -0.1) is 10.2 Å². The molecule has 0 atom stereocenters. The average molecular weight is 273 g/mol. The van der Waals surface area contributed by atoms with Crippen LogP contribution in [0.1, 0.15) is 11.3 Å². The van der Waals surface area contributed by atoms with Crippen LogP contribution in [-0.4, -0.2) is 26.3 Å². The summed E-state index contributed by atoms with van der Waals surface area (Å²) in [7, 11) is 0. The maximum Gasteiger partial charge on any atom is 0.296 e. The second-order valence-corrected chi connectivity index (χ2v) is 5.08. The number of rotatable bonds is 1. The van der Waals surface area contributed by atoms with Gasteiger partial charge in [0.15, 0.2) is 0 Å². The number of nitrogens with zero attached hydrogens (tertiary/aromatic N) is 4. The molecule has 0 unspecified atom stereocenters. The van der Waals surface area contributed by atoms with Gasteiger partial charge in [-0.1, -0.05) is 23.9 Å². The molecule has 1 aromatic carbocycles. The van der Waals surface area contributed by atoms with Crippen LogP contribution in [0.2, 0.25) is 0 Å². The number of fused-ring (bicyclic) bond motifs is 1. The van der Waals surface area contributed by atoms with E-state index in [1.165, 1.54) is 16.4 Å². The number of anilines is 1. The van der Waals surface area contributed by atoms with E-state index < -0.39 is 0 Å². The van der Waals surface area contributed by atoms with E-state index in [1.54, 1.807) is 6.92 Å². The summed E-state index contributed by atoms with van der Waals surface area (Å²) in [5.41, 5.74) is 8.25. The summed E-state index contributed by atoms with van der Waals surface area (Å²) in [4.78, 5) is 12.0. The zero-order chi connectivity index (χ0) is 13.4. The number of benzene rings is 1. The van der Waals surface area contributed by atoms with Crippen LogP contribution >= 0.6 is 11.8 Å². The first kappa shape index (κ1) is 11.9. The highest BCUT2D eigenvalue weighted by Gasteiger charge is 2.17. The molecule has 19 heavy (non-hydrogen) atoms. The van der Waals surface area contributed by atoms with E-state index in [-0.39, 0.29) is 5.56 Å². The molecule has 6 nitrogen and oxygen atoms in total. The van der Waals surface area contributed by atoms with E-state index in [4.69, 9.17) is 5.73 Å². The summed E-state index contributed by atoms with van der Waals surface area (Å²) in [5, 5.41) is 12.7. The Morgan fingerprint density at radius 2 is 2.00 bits per heavy atom. The predicted molar refractivity (Wildman–Crippen MR) is 74.5 cm³/mol. The van der Waals surface area contributed by atoms with Gasteiger partial charge in [0, 0.05) is 11.4 Å². The van der Waals surface area contributed by atoms with E-state index in [0.29, 0.717) is 22.3 Å². The Hall–Kier alpha value is -2.15. The van der Waals surface area contributed by atoms with Gasteiger partial charge in [-0.2, -0.15) is 9.78 Å². The number of aryl methyl sites for hydroxylation is 1. The second-order valence-electron chi connectivity index (χ2n) is 4.14. The van der Waals surface area contributed by atoms with Crippen molar-refractivity contribution in [2.75, 3.05) is 11.5 Å². The highest BCUT2D eigenvalue weighted by molar-refractivity contribution is 7.99. The molecule has 2 N–H and O–H groups in total. The van der Waals surface area contributed by atoms with Crippen molar-refractivity contribution in [1.82, 2.24) is 14.9 Å². The number of aromatic nitrogens is 3. The molecule has 0 amide bonds. The SMILES string of the molecule is Cc1nnc2n(c1=O)N=C(c1ccc(N)cc1)CS2. The standard InChI is InChI=1S/C12H11N5OS/c1-7-11(18)17-12(15-14-7)19-6-10(16-17)8-2-4-9(13)5-3-8/h2-5H,6,13H2,1H3. The highest BCUT2D eigenvalue weighted by atomic mass is 32.2. The van der Waals surface area contributed by atoms with Gasteiger partial charge in [-0.25, -0.2) is 0 Å². The number of hydrogen-bond donors (Lipinski definition) is 1. The first-order chi connectivity index (χ1) is 9.15. The maximum atomic E-state index is 12.0. The Balaban J connectivity index is 2.11. The van der Waals surface area contributed by atoms with Gasteiger partial charge < -0.3 is 5.73 Å². The Labute approximate surface area is 113 Å². The summed E-state index contributed by atoms with van der Waals surface area (Å²) in [6.45, 7) is 1.63. The Bertz CT molecular complexity index is 720. The smallest absolute Gasteiger partial charge is 0.296 e. The Morgan fingerprint density at radius 3 is 2.74 bits per heavy atom. The van der Waals surface area contributed by atoms with Crippen molar-refractivity contribution < 1.29 is 0 Å². The number of nitrogens with two attached hydrogens (primary N) is 1. The van der Waals surface area contributed by atoms with Gasteiger partial charge in [0.05, 0.1) is 5.71 Å². The largest absolute Gasteiger partial charge is 0.399 e. The van der Waals surface area contributed by atoms with Crippen molar-refractivity contribution in [3.8, 4) is 0 Å². The molecule has 1 aliphatic rings. The van der Waals surface area contributed by atoms with E-state index in [0.717, 1.165) is 11.3 Å². The summed E-state index contributed by atoms with van der Waals surface area (Å²) >= 11 is 1.45. The fraction of sp³-hybridized carbons (Fsp3) is 0.167. The minimum absolute atomic E-state index is 0.231. The number of nitrogen functional groups attached to an aromatic ring is 1. The Kier molecular flexibility index (Phi) is 2.83.